The third kappa shape index (κ3) is 8.09. The molecule has 20 heteroatoms. The van der Waals surface area contributed by atoms with Crippen LogP contribution in [0, 0.1) is 16.7 Å². The number of nitrogens with one attached hydrogen (secondary N) is 1. The van der Waals surface area contributed by atoms with Crippen LogP contribution in [0.3, 0.4) is 0 Å². The number of aliphatic hydroxyl groups excluding tert-OH is 1. The second-order valence-electron chi connectivity index (χ2n) is 15.4. The number of hydrogen-bond donors (Lipinski definition) is 3. The number of esters is 4. The molecule has 0 spiro atoms. The number of carbonyl (C=O) groups excluding carboxylic acids is 4. The summed E-state index contributed by atoms with van der Waals surface area (Å²) in [4.78, 5) is 54.4. The molecule has 0 amide bonds. The summed E-state index contributed by atoms with van der Waals surface area (Å²) >= 11 is 0. The average Bonchev–Trinajstić information content (AvgIpc) is 3.10. The van der Waals surface area contributed by atoms with Gasteiger partial charge in [0.25, 0.3) is 0 Å². The van der Waals surface area contributed by atoms with Crippen molar-refractivity contribution in [2.75, 3.05) is 6.61 Å². The Hall–Kier alpha value is -0.820. The van der Waals surface area contributed by atoms with Crippen LogP contribution in [0.25, 0.3) is 0 Å². The largest absolute Gasteiger partial charge is 0.456 e. The molecule has 1 aromatic rings. The van der Waals surface area contributed by atoms with E-state index in [9.17, 15) is 29.4 Å². The lowest BCUT2D eigenvalue weighted by Gasteiger charge is -2.69. The van der Waals surface area contributed by atoms with E-state index in [-0.39, 0.29) is 39.1 Å². The van der Waals surface area contributed by atoms with Gasteiger partial charge in [0.1, 0.15) is 30.0 Å². The molecule has 1 aliphatic heterocycles. The van der Waals surface area contributed by atoms with Gasteiger partial charge in [-0.05, 0) is 37.1 Å². The number of hydrogen-bond acceptors (Lipinski definition) is 14. The zero-order valence-electron chi connectivity index (χ0n) is 31.8. The van der Waals surface area contributed by atoms with Gasteiger partial charge in [-0.3, -0.25) is 14.7 Å². The van der Waals surface area contributed by atoms with Gasteiger partial charge in [0.15, 0.2) is 17.8 Å². The molecule has 1 saturated heterocycles. The van der Waals surface area contributed by atoms with E-state index >= 15 is 0 Å². The third-order valence-electron chi connectivity index (χ3n) is 12.0. The molecular weight excluding hydrogens is 828 g/mol. The van der Waals surface area contributed by atoms with E-state index < -0.39 is 108 Å². The summed E-state index contributed by atoms with van der Waals surface area (Å²) in [5.74, 6) is -4.16. The summed E-state index contributed by atoms with van der Waals surface area (Å²) in [6.45, 7) is 10.9. The van der Waals surface area contributed by atoms with Crippen LogP contribution in [-0.4, -0.2) is 101 Å². The summed E-state index contributed by atoms with van der Waals surface area (Å²) in [6, 6.07) is 7.72. The molecule has 1 aromatic carbocycles. The number of benzene rings is 1. The van der Waals surface area contributed by atoms with Crippen molar-refractivity contribution in [3.8, 4) is 0 Å². The normalized spacial score (nSPS) is 36.4. The van der Waals surface area contributed by atoms with Gasteiger partial charge in [-0.25, -0.2) is 9.59 Å². The zero-order chi connectivity index (χ0) is 40.8. The first-order chi connectivity index (χ1) is 25.7. The van der Waals surface area contributed by atoms with E-state index in [0.717, 1.165) is 0 Å². The lowest BCUT2D eigenvalue weighted by molar-refractivity contribution is -0.362. The summed E-state index contributed by atoms with van der Waals surface area (Å²) in [7, 11) is 8.57. The fourth-order valence-electron chi connectivity index (χ4n) is 9.26. The Morgan fingerprint density at radius 1 is 1.05 bits per heavy atom. The van der Waals surface area contributed by atoms with E-state index in [1.807, 2.05) is 0 Å². The Labute approximate surface area is 334 Å². The molecule has 3 N–H and O–H groups in total. The molecule has 1 heterocycles. The lowest BCUT2D eigenvalue weighted by atomic mass is 9.44. The molecule has 4 aliphatic rings. The SMILES string of the molecule is CC(=O)O[C@H]1C2=C(C)[C@@H](OC(=O)[C@H](OPP)[C@H](C)NP)C[C@@](O)([C@@H](OC(=O)c3ccccc3)[C@@H]3[C@]4(OC(C)=O)CO[C@@H]4C[C@H](OP(P)P)[C@@]3(C)[C@H]1O)C2(C)C. The van der Waals surface area contributed by atoms with E-state index in [1.54, 1.807) is 65.0 Å². The Morgan fingerprint density at radius 2 is 1.71 bits per heavy atom. The van der Waals surface area contributed by atoms with Gasteiger partial charge in [-0.2, -0.15) is 0 Å². The van der Waals surface area contributed by atoms with Crippen LogP contribution in [0.2, 0.25) is 0 Å². The molecule has 0 radical (unpaired) electrons. The molecule has 5 unspecified atom stereocenters. The number of ether oxygens (including phenoxy) is 5. The number of rotatable bonds is 12. The van der Waals surface area contributed by atoms with Gasteiger partial charge in [0, 0.05) is 52.1 Å². The molecule has 17 atom stereocenters. The quantitative estimate of drug-likeness (QED) is 0.115. The Balaban J connectivity index is 1.85. The smallest absolute Gasteiger partial charge is 0.338 e. The van der Waals surface area contributed by atoms with Crippen molar-refractivity contribution in [1.29, 1.82) is 0 Å². The first-order valence-corrected chi connectivity index (χ1v) is 25.6. The van der Waals surface area contributed by atoms with Crippen molar-refractivity contribution in [1.82, 2.24) is 5.09 Å². The highest BCUT2D eigenvalue weighted by molar-refractivity contribution is 8.41. The predicted molar refractivity (Wildman–Crippen MR) is 220 cm³/mol. The van der Waals surface area contributed by atoms with Crippen LogP contribution in [0.1, 0.15) is 71.7 Å². The third-order valence-corrected chi connectivity index (χ3v) is 14.6. The Morgan fingerprint density at radius 3 is 2.24 bits per heavy atom. The Kier molecular flexibility index (Phi) is 14.3. The second kappa shape index (κ2) is 17.4. The number of fused-ring (bicyclic) bond motifs is 5. The van der Waals surface area contributed by atoms with Gasteiger partial charge < -0.3 is 42.9 Å². The zero-order valence-corrected chi connectivity index (χ0v) is 38.4. The van der Waals surface area contributed by atoms with Gasteiger partial charge in [0.2, 0.25) is 0 Å². The van der Waals surface area contributed by atoms with Crippen molar-refractivity contribution in [2.45, 2.75) is 121 Å². The Bertz CT molecular complexity index is 1670. The van der Waals surface area contributed by atoms with Gasteiger partial charge >= 0.3 is 23.9 Å². The van der Waals surface area contributed by atoms with E-state index in [0.29, 0.717) is 5.57 Å². The summed E-state index contributed by atoms with van der Waals surface area (Å²) < 4.78 is 43.5. The standard InChI is InChI=1S/C35H53NO13P6/c1-16-21(45-31(41)25(48-54-51)17(2)36-50)14-35(42)29(46-30(40)20-11-9-8-10-12-20)27-33(7,28(39)26(44-18(3)37)24(16)32(35,5)6)22(49-55(52)53)13-23-34(27,15-43-23)47-19(4)38/h8-12,17,21-23,25-29,36,39,42,54H,13-15,50-53H2,1-7H3/t17-,21-,22-,23+,25+,26-,27-,28-,29-,33+,34-,35+/m0/s1. The van der Waals surface area contributed by atoms with Gasteiger partial charge in [0.05, 0.1) is 31.7 Å². The first-order valence-electron chi connectivity index (χ1n) is 17.8. The van der Waals surface area contributed by atoms with Crippen LogP contribution < -0.4 is 5.09 Å². The highest BCUT2D eigenvalue weighted by Crippen LogP contribution is 2.68. The van der Waals surface area contributed by atoms with Crippen molar-refractivity contribution < 1.29 is 62.1 Å². The van der Waals surface area contributed by atoms with E-state index in [2.05, 4.69) is 41.3 Å². The average molecular weight is 882 g/mol. The number of aliphatic hydroxyl groups is 2. The maximum absolute atomic E-state index is 14.3. The first kappa shape index (κ1) is 45.3. The van der Waals surface area contributed by atoms with Crippen molar-refractivity contribution >= 4 is 76.1 Å². The van der Waals surface area contributed by atoms with Crippen LogP contribution in [0.4, 0.5) is 0 Å². The molecule has 306 valence electrons. The van der Waals surface area contributed by atoms with Crippen LogP contribution in [0.5, 0.6) is 0 Å². The highest BCUT2D eigenvalue weighted by atomic mass is 32.4. The second-order valence-corrected chi connectivity index (χ2v) is 22.7. The predicted octanol–water partition coefficient (Wildman–Crippen LogP) is 4.53. The summed E-state index contributed by atoms with van der Waals surface area (Å²) in [6.07, 6.45) is -8.73. The van der Waals surface area contributed by atoms with Gasteiger partial charge in [-0.15, -0.1) is 0 Å². The lowest BCUT2D eigenvalue weighted by Crippen LogP contribution is -2.82. The van der Waals surface area contributed by atoms with Crippen molar-refractivity contribution in [3.63, 3.8) is 0 Å². The maximum atomic E-state index is 14.3. The highest BCUT2D eigenvalue weighted by Gasteiger charge is 2.78. The van der Waals surface area contributed by atoms with Crippen LogP contribution >= 0.6 is 52.2 Å². The molecule has 0 aromatic heterocycles. The fraction of sp³-hybridized carbons (Fsp3) is 0.657. The molecule has 14 nitrogen and oxygen atoms in total. The fourth-order valence-corrected chi connectivity index (χ4v) is 11.8. The molecule has 55 heavy (non-hydrogen) atoms. The number of carbonyl (C=O) groups is 4. The minimum absolute atomic E-state index is 0.137. The maximum Gasteiger partial charge on any atom is 0.338 e. The molecule has 3 fully saturated rings. The van der Waals surface area contributed by atoms with Gasteiger partial charge in [-0.1, -0.05) is 75.1 Å². The molecule has 5 rings (SSSR count). The molecular formula is C35H53NO13P6. The van der Waals surface area contributed by atoms with Crippen LogP contribution in [0.15, 0.2) is 41.5 Å². The van der Waals surface area contributed by atoms with Crippen LogP contribution in [-0.2, 0) is 47.1 Å². The van der Waals surface area contributed by atoms with Crippen molar-refractivity contribution in [2.24, 2.45) is 16.7 Å². The topological polar surface area (TPSA) is 185 Å². The van der Waals surface area contributed by atoms with E-state index in [4.69, 9.17) is 32.7 Å². The monoisotopic (exact) mass is 881 g/mol. The van der Waals surface area contributed by atoms with Crippen molar-refractivity contribution in [3.05, 3.63) is 47.0 Å². The molecule has 2 bridgehead atoms. The summed E-state index contributed by atoms with van der Waals surface area (Å²) in [5, 5.41) is 29.7. The molecule has 3 aliphatic carbocycles. The summed E-state index contributed by atoms with van der Waals surface area (Å²) in [5.41, 5.74) is -5.87. The minimum Gasteiger partial charge on any atom is -0.456 e. The van der Waals surface area contributed by atoms with E-state index in [1.165, 1.54) is 13.8 Å². The minimum atomic E-state index is -2.16. The molecule has 2 saturated carbocycles.